The molecule has 5 heteroatoms. The number of rotatable bonds is 3. The van der Waals surface area contributed by atoms with Gasteiger partial charge in [-0.15, -0.1) is 22.7 Å². The zero-order chi connectivity index (χ0) is 16.4. The Morgan fingerprint density at radius 1 is 1.21 bits per heavy atom. The number of aromatic nitrogens is 1. The van der Waals surface area contributed by atoms with Gasteiger partial charge in [0.25, 0.3) is 0 Å². The van der Waals surface area contributed by atoms with Crippen molar-refractivity contribution < 1.29 is 4.79 Å². The molecule has 1 unspecified atom stereocenters. The van der Waals surface area contributed by atoms with Crippen LogP contribution in [0.3, 0.4) is 0 Å². The number of benzene rings is 1. The van der Waals surface area contributed by atoms with Gasteiger partial charge in [0.1, 0.15) is 5.01 Å². The van der Waals surface area contributed by atoms with E-state index >= 15 is 0 Å². The zero-order valence-electron chi connectivity index (χ0n) is 13.2. The van der Waals surface area contributed by atoms with E-state index in [4.69, 9.17) is 4.98 Å². The van der Waals surface area contributed by atoms with Crippen molar-refractivity contribution in [3.8, 4) is 0 Å². The van der Waals surface area contributed by atoms with Gasteiger partial charge in [-0.3, -0.25) is 4.79 Å². The van der Waals surface area contributed by atoms with E-state index in [1.165, 1.54) is 4.70 Å². The van der Waals surface area contributed by atoms with E-state index in [1.54, 1.807) is 28.7 Å². The van der Waals surface area contributed by atoms with Gasteiger partial charge in [0.2, 0.25) is 5.91 Å². The summed E-state index contributed by atoms with van der Waals surface area (Å²) >= 11 is 3.36. The van der Waals surface area contributed by atoms with E-state index < -0.39 is 0 Å². The van der Waals surface area contributed by atoms with E-state index in [2.05, 4.69) is 6.07 Å². The summed E-state index contributed by atoms with van der Waals surface area (Å²) in [7, 11) is 0. The molecule has 3 heterocycles. The maximum absolute atomic E-state index is 12.7. The molecule has 1 aromatic carbocycles. The van der Waals surface area contributed by atoms with Gasteiger partial charge in [-0.05, 0) is 48.9 Å². The number of nitrogens with zero attached hydrogens (tertiary/aromatic N) is 2. The number of amides is 1. The molecular formula is C19H18N2OS2. The minimum absolute atomic E-state index is 0.0901. The van der Waals surface area contributed by atoms with E-state index in [0.717, 1.165) is 41.2 Å². The van der Waals surface area contributed by atoms with Gasteiger partial charge < -0.3 is 4.90 Å². The Morgan fingerprint density at radius 2 is 2.12 bits per heavy atom. The number of thiophene rings is 1. The average molecular weight is 354 g/mol. The first-order valence-corrected chi connectivity index (χ1v) is 9.88. The lowest BCUT2D eigenvalue weighted by molar-refractivity contribution is -0.129. The largest absolute Gasteiger partial charge is 0.330 e. The second-order valence-electron chi connectivity index (χ2n) is 5.91. The number of carbonyl (C=O) groups is 1. The first kappa shape index (κ1) is 15.5. The van der Waals surface area contributed by atoms with Gasteiger partial charge in [0.05, 0.1) is 16.3 Å². The summed E-state index contributed by atoms with van der Waals surface area (Å²) in [4.78, 5) is 20.6. The van der Waals surface area contributed by atoms with Gasteiger partial charge in [-0.1, -0.05) is 18.2 Å². The minimum Gasteiger partial charge on any atom is -0.330 e. The highest BCUT2D eigenvalue weighted by Crippen LogP contribution is 2.35. The van der Waals surface area contributed by atoms with Crippen molar-refractivity contribution >= 4 is 44.9 Å². The molecule has 1 aliphatic heterocycles. The number of likely N-dealkylation sites (tertiary alicyclic amines) is 1. The van der Waals surface area contributed by atoms with Crippen molar-refractivity contribution in [2.45, 2.75) is 25.3 Å². The molecule has 1 fully saturated rings. The monoisotopic (exact) mass is 354 g/mol. The lowest BCUT2D eigenvalue weighted by Gasteiger charge is -2.33. The van der Waals surface area contributed by atoms with Crippen LogP contribution in [0.4, 0.5) is 0 Å². The first-order chi connectivity index (χ1) is 11.8. The van der Waals surface area contributed by atoms with E-state index in [1.807, 2.05) is 46.7 Å². The van der Waals surface area contributed by atoms with Crippen LogP contribution in [0.15, 0.2) is 47.9 Å². The van der Waals surface area contributed by atoms with Gasteiger partial charge in [0, 0.05) is 17.5 Å². The third kappa shape index (κ3) is 3.14. The molecule has 1 atom stereocenters. The number of para-hydroxylation sites is 1. The molecule has 0 saturated carbocycles. The Labute approximate surface area is 149 Å². The van der Waals surface area contributed by atoms with Crippen molar-refractivity contribution in [2.75, 3.05) is 6.54 Å². The van der Waals surface area contributed by atoms with Crippen molar-refractivity contribution in [3.63, 3.8) is 0 Å². The number of carbonyl (C=O) groups excluding carboxylic acids is 1. The fraction of sp³-hybridized carbons (Fsp3) is 0.263. The molecule has 0 N–H and O–H groups in total. The molecule has 122 valence electrons. The van der Waals surface area contributed by atoms with Crippen LogP contribution in [0.2, 0.25) is 0 Å². The van der Waals surface area contributed by atoms with Crippen molar-refractivity contribution in [1.29, 1.82) is 0 Å². The fourth-order valence-electron chi connectivity index (χ4n) is 3.12. The predicted molar refractivity (Wildman–Crippen MR) is 101 cm³/mol. The molecule has 0 spiro atoms. The molecule has 0 radical (unpaired) electrons. The van der Waals surface area contributed by atoms with Gasteiger partial charge >= 0.3 is 0 Å². The number of fused-ring (bicyclic) bond motifs is 1. The van der Waals surface area contributed by atoms with E-state index in [9.17, 15) is 4.79 Å². The second-order valence-corrected chi connectivity index (χ2v) is 7.95. The van der Waals surface area contributed by atoms with Crippen LogP contribution < -0.4 is 0 Å². The molecule has 0 aliphatic carbocycles. The summed E-state index contributed by atoms with van der Waals surface area (Å²) < 4.78 is 1.19. The van der Waals surface area contributed by atoms with Crippen LogP contribution in [0, 0.1) is 0 Å². The highest BCUT2D eigenvalue weighted by atomic mass is 32.1. The van der Waals surface area contributed by atoms with Crippen LogP contribution in [0.1, 0.15) is 35.2 Å². The highest BCUT2D eigenvalue weighted by molar-refractivity contribution is 7.18. The number of hydrogen-bond donors (Lipinski definition) is 0. The fourth-order valence-corrected chi connectivity index (χ4v) is 4.85. The summed E-state index contributed by atoms with van der Waals surface area (Å²) in [6.07, 6.45) is 6.84. The van der Waals surface area contributed by atoms with Gasteiger partial charge in [-0.2, -0.15) is 0 Å². The van der Waals surface area contributed by atoms with Gasteiger partial charge in [0.15, 0.2) is 0 Å². The maximum Gasteiger partial charge on any atom is 0.247 e. The second kappa shape index (κ2) is 6.87. The lowest BCUT2D eigenvalue weighted by atomic mass is 10.0. The third-order valence-corrected chi connectivity index (χ3v) is 6.29. The number of piperidine rings is 1. The van der Waals surface area contributed by atoms with Crippen LogP contribution >= 0.6 is 22.7 Å². The molecule has 3 nitrogen and oxygen atoms in total. The summed E-state index contributed by atoms with van der Waals surface area (Å²) in [6.45, 7) is 0.814. The molecule has 3 aromatic rings. The summed E-state index contributed by atoms with van der Waals surface area (Å²) in [5.74, 6) is 0.0901. The van der Waals surface area contributed by atoms with Crippen LogP contribution in [-0.4, -0.2) is 22.3 Å². The smallest absolute Gasteiger partial charge is 0.247 e. The standard InChI is InChI=1S/C19H18N2OS2/c22-18(11-10-14-6-5-13-23-14)21-12-4-3-8-16(21)19-20-15-7-1-2-9-17(15)24-19/h1-2,5-7,9-11,13,16H,3-4,8,12H2/b11-10+. The Balaban J connectivity index is 1.59. The summed E-state index contributed by atoms with van der Waals surface area (Å²) in [6, 6.07) is 12.3. The minimum atomic E-state index is 0.0901. The normalized spacial score (nSPS) is 18.5. The highest BCUT2D eigenvalue weighted by Gasteiger charge is 2.29. The molecule has 1 aliphatic rings. The summed E-state index contributed by atoms with van der Waals surface area (Å²) in [5, 5.41) is 3.09. The predicted octanol–water partition coefficient (Wildman–Crippen LogP) is 5.12. The number of thiazole rings is 1. The Kier molecular flexibility index (Phi) is 4.45. The third-order valence-electron chi connectivity index (χ3n) is 4.31. The summed E-state index contributed by atoms with van der Waals surface area (Å²) in [5.41, 5.74) is 1.03. The molecular weight excluding hydrogens is 336 g/mol. The zero-order valence-corrected chi connectivity index (χ0v) is 14.9. The van der Waals surface area contributed by atoms with Crippen molar-refractivity contribution in [3.05, 3.63) is 57.7 Å². The average Bonchev–Trinajstić information content (AvgIpc) is 3.29. The van der Waals surface area contributed by atoms with Crippen LogP contribution in [0.25, 0.3) is 16.3 Å². The topological polar surface area (TPSA) is 33.2 Å². The Bertz CT molecular complexity index is 834. The van der Waals surface area contributed by atoms with E-state index in [-0.39, 0.29) is 11.9 Å². The van der Waals surface area contributed by atoms with Crippen molar-refractivity contribution in [1.82, 2.24) is 9.88 Å². The molecule has 1 saturated heterocycles. The quantitative estimate of drug-likeness (QED) is 0.611. The first-order valence-electron chi connectivity index (χ1n) is 8.19. The molecule has 4 rings (SSSR count). The molecule has 2 aromatic heterocycles. The molecule has 24 heavy (non-hydrogen) atoms. The van der Waals surface area contributed by atoms with Gasteiger partial charge in [-0.25, -0.2) is 4.98 Å². The molecule has 0 bridgehead atoms. The van der Waals surface area contributed by atoms with Crippen LogP contribution in [0.5, 0.6) is 0 Å². The Morgan fingerprint density at radius 3 is 2.96 bits per heavy atom. The number of hydrogen-bond acceptors (Lipinski definition) is 4. The SMILES string of the molecule is O=C(/C=C/c1cccs1)N1CCCCC1c1nc2ccccc2s1. The Hall–Kier alpha value is -1.98. The van der Waals surface area contributed by atoms with Crippen LogP contribution in [-0.2, 0) is 4.79 Å². The lowest BCUT2D eigenvalue weighted by Crippen LogP contribution is -2.37. The molecule has 1 amide bonds. The van der Waals surface area contributed by atoms with Crippen molar-refractivity contribution in [2.24, 2.45) is 0 Å². The van der Waals surface area contributed by atoms with E-state index in [0.29, 0.717) is 0 Å². The maximum atomic E-state index is 12.7.